The van der Waals surface area contributed by atoms with Gasteiger partial charge in [0.1, 0.15) is 60.9 Å². The van der Waals surface area contributed by atoms with Gasteiger partial charge < -0.3 is 81.9 Å². The maximum absolute atomic E-state index is 14.3. The summed E-state index contributed by atoms with van der Waals surface area (Å²) in [5.74, 6) is -4.73. The predicted octanol–water partition coefficient (Wildman–Crippen LogP) is -4.08. The molecule has 21 nitrogen and oxygen atoms in total. The van der Waals surface area contributed by atoms with E-state index in [0.29, 0.717) is 5.56 Å². The number of nitrogens with one attached hydrogen (secondary N) is 6. The molecule has 0 aliphatic carbocycles. The molecule has 2 saturated heterocycles. The lowest BCUT2D eigenvalue weighted by molar-refractivity contribution is -0.326. The van der Waals surface area contributed by atoms with Crippen LogP contribution in [0.25, 0.3) is 10.9 Å². The number of aromatic nitrogens is 1. The molecule has 356 valence electrons. The predicted molar refractivity (Wildman–Crippen MR) is 231 cm³/mol. The Labute approximate surface area is 378 Å². The van der Waals surface area contributed by atoms with Crippen LogP contribution in [-0.2, 0) is 52.7 Å². The number of aliphatic hydroxyl groups is 8. The van der Waals surface area contributed by atoms with Crippen LogP contribution >= 0.6 is 0 Å². The number of carbonyl (C=O) groups is 5. The molecule has 3 heterocycles. The van der Waals surface area contributed by atoms with Gasteiger partial charge in [0.25, 0.3) is 5.91 Å². The molecule has 66 heavy (non-hydrogen) atoms. The molecule has 1 aromatic heterocycles. The fourth-order valence-corrected chi connectivity index (χ4v) is 7.86. The Balaban J connectivity index is 1.28. The number of hydrogen-bond acceptors (Lipinski definition) is 15. The molecule has 6 rings (SSSR count). The maximum Gasteiger partial charge on any atom is 0.252 e. The van der Waals surface area contributed by atoms with Crippen molar-refractivity contribution in [3.63, 3.8) is 0 Å². The van der Waals surface area contributed by atoms with Crippen molar-refractivity contribution >= 4 is 40.4 Å². The van der Waals surface area contributed by atoms with E-state index in [9.17, 15) is 64.8 Å². The highest BCUT2D eigenvalue weighted by atomic mass is 16.7. The summed E-state index contributed by atoms with van der Waals surface area (Å²) in [6.07, 6.45) is -17.6. The number of hydrogen-bond donors (Lipinski definition) is 14. The van der Waals surface area contributed by atoms with Gasteiger partial charge in [0.05, 0.1) is 25.7 Å². The van der Waals surface area contributed by atoms with E-state index in [0.717, 1.165) is 22.0 Å². The molecule has 0 bridgehead atoms. The molecule has 13 atom stereocenters. The number of H-pyrrole nitrogens is 1. The Hall–Kier alpha value is -5.85. The molecule has 5 amide bonds. The van der Waals surface area contributed by atoms with Crippen LogP contribution in [0.2, 0.25) is 0 Å². The van der Waals surface area contributed by atoms with Gasteiger partial charge in [-0.25, -0.2) is 0 Å². The summed E-state index contributed by atoms with van der Waals surface area (Å²) in [4.78, 5) is 73.4. The van der Waals surface area contributed by atoms with Crippen LogP contribution in [-0.4, -0.2) is 174 Å². The lowest BCUT2D eigenvalue weighted by Crippen LogP contribution is -2.62. The Bertz CT molecular complexity index is 2250. The van der Waals surface area contributed by atoms with Gasteiger partial charge in [-0.2, -0.15) is 0 Å². The fraction of sp³-hybridized carbons (Fsp3) is 0.444. The first-order chi connectivity index (χ1) is 31.7. The van der Waals surface area contributed by atoms with E-state index in [-0.39, 0.29) is 25.8 Å². The average molecular weight is 921 g/mol. The van der Waals surface area contributed by atoms with Crippen LogP contribution in [0.1, 0.15) is 23.1 Å². The second kappa shape index (κ2) is 23.1. The van der Waals surface area contributed by atoms with Crippen molar-refractivity contribution in [1.29, 1.82) is 0 Å². The number of benzene rings is 3. The number of aromatic amines is 1. The largest absolute Gasteiger partial charge is 0.394 e. The first-order valence-corrected chi connectivity index (χ1v) is 21.4. The van der Waals surface area contributed by atoms with Gasteiger partial charge in [-0.1, -0.05) is 78.9 Å². The zero-order chi connectivity index (χ0) is 47.5. The minimum absolute atomic E-state index is 0.0720. The van der Waals surface area contributed by atoms with Crippen LogP contribution in [0.5, 0.6) is 0 Å². The second-order valence-electron chi connectivity index (χ2n) is 16.3. The lowest BCUT2D eigenvalue weighted by atomic mass is 9.98. The molecule has 0 saturated carbocycles. The third-order valence-corrected chi connectivity index (χ3v) is 11.5. The van der Waals surface area contributed by atoms with Gasteiger partial charge in [0.15, 0.2) is 12.4 Å². The van der Waals surface area contributed by atoms with Crippen molar-refractivity contribution in [2.75, 3.05) is 19.8 Å². The van der Waals surface area contributed by atoms with E-state index in [4.69, 9.17) is 9.47 Å². The molecule has 0 unspecified atom stereocenters. The van der Waals surface area contributed by atoms with Crippen LogP contribution in [0.15, 0.2) is 91.1 Å². The van der Waals surface area contributed by atoms with Crippen molar-refractivity contribution in [2.24, 2.45) is 0 Å². The smallest absolute Gasteiger partial charge is 0.252 e. The van der Waals surface area contributed by atoms with Crippen molar-refractivity contribution in [3.05, 3.63) is 108 Å². The van der Waals surface area contributed by atoms with E-state index in [1.807, 2.05) is 18.2 Å². The molecule has 0 radical (unpaired) electrons. The number of amides is 5. The summed E-state index contributed by atoms with van der Waals surface area (Å²) in [6, 6.07) is 20.1. The molecule has 2 fully saturated rings. The second-order valence-corrected chi connectivity index (χ2v) is 16.3. The van der Waals surface area contributed by atoms with Gasteiger partial charge in [-0.05, 0) is 29.2 Å². The van der Waals surface area contributed by atoms with Crippen molar-refractivity contribution in [2.45, 2.75) is 105 Å². The van der Waals surface area contributed by atoms with Crippen molar-refractivity contribution in [3.8, 4) is 0 Å². The molecule has 4 aromatic rings. The topological polar surface area (TPSA) is 342 Å². The third-order valence-electron chi connectivity index (χ3n) is 11.5. The summed E-state index contributed by atoms with van der Waals surface area (Å²) < 4.78 is 10.7. The monoisotopic (exact) mass is 920 g/mol. The Kier molecular flexibility index (Phi) is 17.3. The van der Waals surface area contributed by atoms with Crippen LogP contribution in [0.3, 0.4) is 0 Å². The summed E-state index contributed by atoms with van der Waals surface area (Å²) in [5, 5.41) is 97.0. The normalized spacial score (nSPS) is 27.5. The number of rotatable bonds is 15. The number of aliphatic hydroxyl groups excluding tert-OH is 8. The van der Waals surface area contributed by atoms with Gasteiger partial charge in [0.2, 0.25) is 23.6 Å². The third kappa shape index (κ3) is 12.5. The number of carbonyl (C=O) groups excluding carboxylic acids is 5. The van der Waals surface area contributed by atoms with E-state index in [1.54, 1.807) is 72.9 Å². The number of para-hydroxylation sites is 1. The Morgan fingerprint density at radius 1 is 0.742 bits per heavy atom. The zero-order valence-electron chi connectivity index (χ0n) is 35.6. The van der Waals surface area contributed by atoms with Gasteiger partial charge in [-0.3, -0.25) is 24.0 Å². The van der Waals surface area contributed by atoms with E-state index in [2.05, 4.69) is 31.6 Å². The van der Waals surface area contributed by atoms with E-state index in [1.165, 1.54) is 0 Å². The van der Waals surface area contributed by atoms with Crippen LogP contribution in [0, 0.1) is 0 Å². The number of ether oxygens (including phenoxy) is 2. The Morgan fingerprint density at radius 3 is 2.03 bits per heavy atom. The van der Waals surface area contributed by atoms with Crippen molar-refractivity contribution < 1.29 is 74.3 Å². The standard InChI is InChI=1S/C45H56N6O15/c52-21-32(54)40(66-45-39(60)36(57)35(56)33(22-53)65-45)37(58)38(59)44(64)51-31-18-34(55)49-30(17-25-19-46-28-14-8-7-13-27(25)28)43(63)50-29(16-24-11-5-2-6-12-24)42(62)48-26(20-47-41(31)61)15-23-9-3-1-4-10-23/h1-14,19,26,29-33,35-40,45-46,52-54,56-60H,15-18,20-22H2,(H,47,61)(H,48,62)(H,49,55)(H,50,63)(H,51,64)/t26-,29+,30+,31-,32-,33-,35+,36+,37-,38-,39-,40-,45+/m1/s1. The SMILES string of the molecule is O=C1C[C@@H](NC(=O)[C@H](O)[C@@H](O)[C@H](O[C@@H]2O[C@H](CO)[C@H](O)[C@H](O)[C@H]2O)[C@H](O)CO)C(=O)NC[C@@H](Cc2ccccc2)NC(=O)[C@H](Cc2ccccc2)NC(=O)[C@H](Cc2c[nH]c3ccccc23)N1. The quantitative estimate of drug-likeness (QED) is 0.0539. The summed E-state index contributed by atoms with van der Waals surface area (Å²) in [7, 11) is 0. The highest BCUT2D eigenvalue weighted by molar-refractivity contribution is 5.96. The number of fused-ring (bicyclic) bond motifs is 1. The minimum atomic E-state index is -2.59. The molecule has 2 aliphatic rings. The fourth-order valence-electron chi connectivity index (χ4n) is 7.86. The lowest BCUT2D eigenvalue weighted by Gasteiger charge is -2.42. The summed E-state index contributed by atoms with van der Waals surface area (Å²) in [6.45, 7) is -2.27. The maximum atomic E-state index is 14.3. The van der Waals surface area contributed by atoms with E-state index >= 15 is 0 Å². The van der Waals surface area contributed by atoms with Crippen LogP contribution < -0.4 is 26.6 Å². The highest BCUT2D eigenvalue weighted by Crippen LogP contribution is 2.25. The minimum Gasteiger partial charge on any atom is -0.394 e. The van der Waals surface area contributed by atoms with Crippen molar-refractivity contribution in [1.82, 2.24) is 31.6 Å². The summed E-state index contributed by atoms with van der Waals surface area (Å²) in [5.41, 5.74) is 2.88. The first kappa shape index (κ1) is 49.6. The zero-order valence-corrected chi connectivity index (χ0v) is 35.6. The molecule has 21 heteroatoms. The molecular formula is C45H56N6O15. The average Bonchev–Trinajstić information content (AvgIpc) is 3.73. The summed E-state index contributed by atoms with van der Waals surface area (Å²) >= 11 is 0. The Morgan fingerprint density at radius 2 is 1.36 bits per heavy atom. The highest BCUT2D eigenvalue weighted by Gasteiger charge is 2.48. The molecule has 2 aliphatic heterocycles. The molecule has 14 N–H and O–H groups in total. The van der Waals surface area contributed by atoms with Gasteiger partial charge in [0, 0.05) is 36.5 Å². The van der Waals surface area contributed by atoms with E-state index < -0.39 is 128 Å². The van der Waals surface area contributed by atoms with Gasteiger partial charge in [-0.15, -0.1) is 0 Å². The molecular weight excluding hydrogens is 865 g/mol. The van der Waals surface area contributed by atoms with Crippen LogP contribution in [0.4, 0.5) is 0 Å². The van der Waals surface area contributed by atoms with Gasteiger partial charge >= 0.3 is 0 Å². The molecule has 3 aromatic carbocycles. The molecule has 0 spiro atoms. The first-order valence-electron chi connectivity index (χ1n) is 21.4.